The van der Waals surface area contributed by atoms with E-state index in [1.165, 1.54) is 7.11 Å². The summed E-state index contributed by atoms with van der Waals surface area (Å²) >= 11 is 0. The van der Waals surface area contributed by atoms with Crippen LogP contribution < -0.4 is 14.8 Å². The Bertz CT molecular complexity index is 404. The van der Waals surface area contributed by atoms with Crippen LogP contribution in [0.1, 0.15) is 0 Å². The second-order valence-electron chi connectivity index (χ2n) is 4.29. The molecule has 0 amide bonds. The molecule has 0 aliphatic carbocycles. The zero-order valence-electron chi connectivity index (χ0n) is 11.2. The summed E-state index contributed by atoms with van der Waals surface area (Å²) in [5, 5.41) is 20.3. The van der Waals surface area contributed by atoms with Gasteiger partial charge in [-0.3, -0.25) is 0 Å². The lowest BCUT2D eigenvalue weighted by Gasteiger charge is -2.17. The number of halogens is 2. The highest BCUT2D eigenvalue weighted by Gasteiger charge is 2.27. The van der Waals surface area contributed by atoms with Gasteiger partial charge in [-0.05, 0) is 12.1 Å². The SMILES string of the molecule is COc1cccc(OCC(O)CNCC(F)(F)CO)c1. The molecule has 1 unspecified atom stereocenters. The first-order valence-corrected chi connectivity index (χ1v) is 6.11. The first kappa shape index (κ1) is 16.6. The lowest BCUT2D eigenvalue weighted by atomic mass is 10.3. The molecule has 114 valence electrons. The molecule has 0 fully saturated rings. The van der Waals surface area contributed by atoms with Crippen LogP contribution in [0.3, 0.4) is 0 Å². The van der Waals surface area contributed by atoms with E-state index in [-0.39, 0.29) is 13.2 Å². The molecule has 1 aromatic rings. The predicted molar refractivity (Wildman–Crippen MR) is 69.4 cm³/mol. The van der Waals surface area contributed by atoms with Crippen molar-refractivity contribution < 1.29 is 28.5 Å². The zero-order chi connectivity index (χ0) is 15.0. The number of rotatable bonds is 9. The Hall–Kier alpha value is -1.44. The lowest BCUT2D eigenvalue weighted by Crippen LogP contribution is -2.40. The molecule has 0 aliphatic heterocycles. The van der Waals surface area contributed by atoms with E-state index in [2.05, 4.69) is 5.32 Å². The number of benzene rings is 1. The van der Waals surface area contributed by atoms with Gasteiger partial charge in [-0.25, -0.2) is 8.78 Å². The zero-order valence-corrected chi connectivity index (χ0v) is 11.2. The molecular formula is C13H19F2NO4. The van der Waals surface area contributed by atoms with Gasteiger partial charge in [0.2, 0.25) is 0 Å². The highest BCUT2D eigenvalue weighted by molar-refractivity contribution is 5.32. The topological polar surface area (TPSA) is 71.0 Å². The summed E-state index contributed by atoms with van der Waals surface area (Å²) in [4.78, 5) is 0. The van der Waals surface area contributed by atoms with Crippen molar-refractivity contribution in [1.29, 1.82) is 0 Å². The van der Waals surface area contributed by atoms with Crippen LogP contribution >= 0.6 is 0 Å². The van der Waals surface area contributed by atoms with E-state index >= 15 is 0 Å². The third-order valence-corrected chi connectivity index (χ3v) is 2.48. The molecule has 20 heavy (non-hydrogen) atoms. The normalized spacial score (nSPS) is 13.1. The van der Waals surface area contributed by atoms with Crippen LogP contribution in [-0.4, -0.2) is 55.7 Å². The highest BCUT2D eigenvalue weighted by atomic mass is 19.3. The average molecular weight is 291 g/mol. The Kier molecular flexibility index (Phi) is 6.63. The fraction of sp³-hybridized carbons (Fsp3) is 0.538. The summed E-state index contributed by atoms with van der Waals surface area (Å²) in [6.07, 6.45) is -0.935. The van der Waals surface area contributed by atoms with E-state index in [9.17, 15) is 13.9 Å². The summed E-state index contributed by atoms with van der Waals surface area (Å²) in [6.45, 7) is -2.01. The van der Waals surface area contributed by atoms with Crippen LogP contribution in [0.25, 0.3) is 0 Å². The number of methoxy groups -OCH3 is 1. The monoisotopic (exact) mass is 291 g/mol. The molecule has 0 saturated carbocycles. The molecule has 1 aromatic carbocycles. The van der Waals surface area contributed by atoms with Crippen molar-refractivity contribution in [2.24, 2.45) is 0 Å². The Morgan fingerprint density at radius 3 is 2.70 bits per heavy atom. The highest BCUT2D eigenvalue weighted by Crippen LogP contribution is 2.18. The second kappa shape index (κ2) is 7.98. The molecule has 0 bridgehead atoms. The van der Waals surface area contributed by atoms with Gasteiger partial charge in [-0.15, -0.1) is 0 Å². The van der Waals surface area contributed by atoms with E-state index in [0.29, 0.717) is 11.5 Å². The Morgan fingerprint density at radius 2 is 2.05 bits per heavy atom. The van der Waals surface area contributed by atoms with E-state index in [4.69, 9.17) is 14.6 Å². The first-order chi connectivity index (χ1) is 9.46. The Morgan fingerprint density at radius 1 is 1.35 bits per heavy atom. The standard InChI is InChI=1S/C13H19F2NO4/c1-19-11-3-2-4-12(5-11)20-7-10(18)6-16-8-13(14,15)9-17/h2-5,10,16-18H,6-9H2,1H3. The maximum Gasteiger partial charge on any atom is 0.282 e. The largest absolute Gasteiger partial charge is 0.497 e. The molecule has 0 aliphatic rings. The van der Waals surface area contributed by atoms with Gasteiger partial charge in [0.25, 0.3) is 5.92 Å². The van der Waals surface area contributed by atoms with Crippen molar-refractivity contribution in [3.05, 3.63) is 24.3 Å². The van der Waals surface area contributed by atoms with Gasteiger partial charge in [-0.2, -0.15) is 0 Å². The summed E-state index contributed by atoms with van der Waals surface area (Å²) in [7, 11) is 1.53. The molecule has 7 heteroatoms. The fourth-order valence-electron chi connectivity index (χ4n) is 1.42. The number of aliphatic hydroxyl groups excluding tert-OH is 2. The van der Waals surface area contributed by atoms with Crippen LogP contribution in [0, 0.1) is 0 Å². The molecule has 0 spiro atoms. The van der Waals surface area contributed by atoms with Gasteiger partial charge in [0, 0.05) is 12.6 Å². The van der Waals surface area contributed by atoms with Gasteiger partial charge in [0.15, 0.2) is 0 Å². The first-order valence-electron chi connectivity index (χ1n) is 6.11. The minimum Gasteiger partial charge on any atom is -0.497 e. The van der Waals surface area contributed by atoms with E-state index < -0.39 is 25.2 Å². The van der Waals surface area contributed by atoms with Crippen LogP contribution in [-0.2, 0) is 0 Å². The van der Waals surface area contributed by atoms with Gasteiger partial charge in [-0.1, -0.05) is 6.07 Å². The van der Waals surface area contributed by atoms with E-state index in [1.54, 1.807) is 24.3 Å². The van der Waals surface area contributed by atoms with Crippen molar-refractivity contribution in [2.45, 2.75) is 12.0 Å². The molecule has 0 saturated heterocycles. The average Bonchev–Trinajstić information content (AvgIpc) is 2.45. The van der Waals surface area contributed by atoms with Crippen LogP contribution in [0.15, 0.2) is 24.3 Å². The minimum absolute atomic E-state index is 0.0368. The number of hydrogen-bond donors (Lipinski definition) is 3. The number of ether oxygens (including phenoxy) is 2. The number of hydrogen-bond acceptors (Lipinski definition) is 5. The maximum absolute atomic E-state index is 12.7. The number of nitrogens with one attached hydrogen (secondary N) is 1. The van der Waals surface area contributed by atoms with Gasteiger partial charge >= 0.3 is 0 Å². The smallest absolute Gasteiger partial charge is 0.282 e. The summed E-state index contributed by atoms with van der Waals surface area (Å²) in [6, 6.07) is 6.84. The maximum atomic E-state index is 12.7. The van der Waals surface area contributed by atoms with Gasteiger partial charge in [0.1, 0.15) is 30.8 Å². The molecule has 0 radical (unpaired) electrons. The third kappa shape index (κ3) is 6.14. The van der Waals surface area contributed by atoms with Crippen LogP contribution in [0.4, 0.5) is 8.78 Å². The van der Waals surface area contributed by atoms with Crippen molar-refractivity contribution in [3.8, 4) is 11.5 Å². The molecule has 5 nitrogen and oxygen atoms in total. The van der Waals surface area contributed by atoms with Crippen molar-refractivity contribution in [1.82, 2.24) is 5.32 Å². The molecule has 1 atom stereocenters. The molecule has 3 N–H and O–H groups in total. The van der Waals surface area contributed by atoms with E-state index in [0.717, 1.165) is 0 Å². The van der Waals surface area contributed by atoms with Crippen molar-refractivity contribution in [3.63, 3.8) is 0 Å². The second-order valence-corrected chi connectivity index (χ2v) is 4.29. The van der Waals surface area contributed by atoms with Gasteiger partial charge in [0.05, 0.1) is 13.7 Å². The predicted octanol–water partition coefficient (Wildman–Crippen LogP) is 0.652. The van der Waals surface area contributed by atoms with Gasteiger partial charge < -0.3 is 25.0 Å². The van der Waals surface area contributed by atoms with Crippen LogP contribution in [0.5, 0.6) is 11.5 Å². The summed E-state index contributed by atoms with van der Waals surface area (Å²) in [5.41, 5.74) is 0. The lowest BCUT2D eigenvalue weighted by molar-refractivity contribution is -0.0493. The molecule has 0 aromatic heterocycles. The number of alkyl halides is 2. The Labute approximate surface area is 116 Å². The minimum atomic E-state index is -3.19. The summed E-state index contributed by atoms with van der Waals surface area (Å²) < 4.78 is 35.7. The quantitative estimate of drug-likeness (QED) is 0.623. The fourth-order valence-corrected chi connectivity index (χ4v) is 1.42. The van der Waals surface area contributed by atoms with Crippen LogP contribution in [0.2, 0.25) is 0 Å². The molecule has 1 rings (SSSR count). The molecular weight excluding hydrogens is 272 g/mol. The van der Waals surface area contributed by atoms with E-state index in [1.807, 2.05) is 0 Å². The summed E-state index contributed by atoms with van der Waals surface area (Å²) in [5.74, 6) is -2.05. The Balaban J connectivity index is 2.27. The number of aliphatic hydroxyl groups is 2. The third-order valence-electron chi connectivity index (χ3n) is 2.48. The van der Waals surface area contributed by atoms with Crippen molar-refractivity contribution in [2.75, 3.05) is 33.4 Å². The van der Waals surface area contributed by atoms with Crippen molar-refractivity contribution >= 4 is 0 Å². The molecule has 0 heterocycles.